The first kappa shape index (κ1) is 50.6. The summed E-state index contributed by atoms with van der Waals surface area (Å²) in [5.74, 6) is -0.0913. The van der Waals surface area contributed by atoms with E-state index in [-0.39, 0.29) is 76.2 Å². The van der Waals surface area contributed by atoms with Gasteiger partial charge in [0.1, 0.15) is 0 Å². The smallest absolute Gasteiger partial charge is 0.310 e. The summed E-state index contributed by atoms with van der Waals surface area (Å²) in [5.41, 5.74) is 5.83. The molecule has 5 N–H and O–H groups in total. The van der Waals surface area contributed by atoms with E-state index in [1.54, 1.807) is 22.3 Å². The van der Waals surface area contributed by atoms with E-state index < -0.39 is 5.92 Å². The van der Waals surface area contributed by atoms with Crippen LogP contribution in [-0.2, 0) is 32.2 Å². The van der Waals surface area contributed by atoms with E-state index in [0.29, 0.717) is 37.7 Å². The fourth-order valence-electron chi connectivity index (χ4n) is 6.55. The van der Waals surface area contributed by atoms with Crippen LogP contribution in [0.25, 0.3) is 24.3 Å². The maximum atomic E-state index is 13.2. The maximum Gasteiger partial charge on any atom is 0.310 e. The van der Waals surface area contributed by atoms with Crippen LogP contribution in [0.5, 0.6) is 0 Å². The lowest BCUT2D eigenvalue weighted by molar-refractivity contribution is -0.684. The number of hydrogen-bond donors (Lipinski definition) is 5. The van der Waals surface area contributed by atoms with Gasteiger partial charge in [0.05, 0.1) is 39.0 Å². The van der Waals surface area contributed by atoms with Crippen LogP contribution in [0.3, 0.4) is 0 Å². The lowest BCUT2D eigenvalue weighted by atomic mass is 10.0. The molecule has 338 valence electrons. The van der Waals surface area contributed by atoms with Gasteiger partial charge in [0.15, 0.2) is 30.6 Å². The summed E-state index contributed by atoms with van der Waals surface area (Å²) >= 11 is 0. The Labute approximate surface area is 379 Å². The molecule has 0 aliphatic heterocycles. The summed E-state index contributed by atoms with van der Waals surface area (Å²) in [6, 6.07) is 23.5. The van der Waals surface area contributed by atoms with Gasteiger partial charge in [0.25, 0.3) is 5.91 Å². The van der Waals surface area contributed by atoms with Crippen molar-refractivity contribution >= 4 is 74.9 Å². The van der Waals surface area contributed by atoms with Crippen molar-refractivity contribution in [3.63, 3.8) is 0 Å². The molecule has 4 aromatic rings. The van der Waals surface area contributed by atoms with Crippen LogP contribution in [0.1, 0.15) is 48.9 Å². The second-order valence-corrected chi connectivity index (χ2v) is 17.3. The van der Waals surface area contributed by atoms with Crippen LogP contribution in [-0.4, -0.2) is 115 Å². The molecular formula is C48H63N5O8S2+2. The van der Waals surface area contributed by atoms with Crippen LogP contribution < -0.4 is 24.3 Å². The first-order valence-corrected chi connectivity index (χ1v) is 23.9. The van der Waals surface area contributed by atoms with Gasteiger partial charge < -0.3 is 40.3 Å². The maximum absolute atomic E-state index is 13.2. The van der Waals surface area contributed by atoms with E-state index in [0.717, 1.165) is 40.0 Å². The Morgan fingerprint density at radius 1 is 0.619 bits per heavy atom. The van der Waals surface area contributed by atoms with Crippen LogP contribution in [0.15, 0.2) is 97.6 Å². The number of nitrogens with one attached hydrogen (secondary N) is 1. The molecule has 0 saturated heterocycles. The van der Waals surface area contributed by atoms with Gasteiger partial charge in [-0.3, -0.25) is 14.4 Å². The highest BCUT2D eigenvalue weighted by Crippen LogP contribution is 2.27. The number of Topliss-reactive ketones (excluding diaryl/α,β-unsaturated/α-hetero) is 1. The van der Waals surface area contributed by atoms with Gasteiger partial charge in [-0.2, -0.15) is 9.13 Å². The molecule has 4 rings (SSSR count). The zero-order valence-corrected chi connectivity index (χ0v) is 38.0. The third-order valence-electron chi connectivity index (χ3n) is 10.0. The van der Waals surface area contributed by atoms with Crippen molar-refractivity contribution < 1.29 is 48.7 Å². The van der Waals surface area contributed by atoms with Crippen LogP contribution in [0.2, 0.25) is 0 Å². The highest BCUT2D eigenvalue weighted by molar-refractivity contribution is 8.76. The number of pyridine rings is 2. The monoisotopic (exact) mass is 901 g/mol. The molecule has 2 atom stereocenters. The summed E-state index contributed by atoms with van der Waals surface area (Å²) in [6.45, 7) is 6.17. The molecule has 2 unspecified atom stereocenters. The molecule has 0 spiro atoms. The van der Waals surface area contributed by atoms with Crippen LogP contribution in [0.4, 0.5) is 11.4 Å². The van der Waals surface area contributed by atoms with Gasteiger partial charge in [-0.05, 0) is 59.9 Å². The minimum Gasteiger partial charge on any atom is -0.466 e. The van der Waals surface area contributed by atoms with E-state index in [1.807, 2.05) is 143 Å². The SMILES string of the molecule is CCOC(=O)C(CSSCC(CC)NC(=O)C[n+]1ccc(/C=C/c2ccc(N(CCO)CCO)cc2)cc1)CC(=O)C[n+]1ccc(/C=C/c2ccc(N(CCO)CCO)cc2)cc1. The Bertz CT molecular complexity index is 2000. The van der Waals surface area contributed by atoms with Gasteiger partial charge in [-0.1, -0.05) is 77.1 Å². The first-order chi connectivity index (χ1) is 30.7. The molecule has 0 aliphatic rings. The average molecular weight is 902 g/mol. The predicted molar refractivity (Wildman–Crippen MR) is 254 cm³/mol. The number of anilines is 2. The Kier molecular flexibility index (Phi) is 23.0. The number of carbonyl (C=O) groups is 3. The highest BCUT2D eigenvalue weighted by Gasteiger charge is 2.25. The Hall–Kier alpha value is -5.03. The molecule has 0 radical (unpaired) electrons. The van der Waals surface area contributed by atoms with Crippen molar-refractivity contribution in [1.29, 1.82) is 0 Å². The van der Waals surface area contributed by atoms with Gasteiger partial charge in [-0.25, -0.2) is 0 Å². The molecule has 15 heteroatoms. The number of rotatable bonds is 29. The van der Waals surface area contributed by atoms with Crippen LogP contribution in [0, 0.1) is 5.92 Å². The summed E-state index contributed by atoms with van der Waals surface area (Å²) in [7, 11) is 3.07. The van der Waals surface area contributed by atoms with Gasteiger partial charge in [-0.15, -0.1) is 0 Å². The first-order valence-electron chi connectivity index (χ1n) is 21.4. The van der Waals surface area contributed by atoms with E-state index in [4.69, 9.17) is 4.74 Å². The number of ether oxygens (including phenoxy) is 1. The predicted octanol–water partition coefficient (Wildman–Crippen LogP) is 4.30. The molecule has 2 heterocycles. The Morgan fingerprint density at radius 2 is 1.03 bits per heavy atom. The Balaban J connectivity index is 1.19. The fraction of sp³-hybridized carbons (Fsp3) is 0.396. The lowest BCUT2D eigenvalue weighted by Crippen LogP contribution is -2.46. The van der Waals surface area contributed by atoms with Gasteiger partial charge >= 0.3 is 5.97 Å². The molecule has 1 amide bonds. The van der Waals surface area contributed by atoms with Gasteiger partial charge in [0, 0.05) is 85.8 Å². The van der Waals surface area contributed by atoms with Crippen LogP contribution >= 0.6 is 21.6 Å². The molecule has 2 aromatic carbocycles. The van der Waals surface area contributed by atoms with Crippen molar-refractivity contribution in [3.05, 3.63) is 120 Å². The minimum absolute atomic E-state index is 0.00865. The fourth-order valence-corrected chi connectivity index (χ4v) is 9.20. The quantitative estimate of drug-likeness (QED) is 0.0228. The standard InChI is InChI=1S/C48H62N5O8S2/c1-3-43(49-47(59)35-51-23-19-41(20-24-51)8-6-39-11-15-45(16-12-39)53(27-31-56)28-32-57)37-63-62-36-42(48(60)61-4-2)33-46(58)34-50-21-17-40(18-22-50)7-5-38-9-13-44(14-10-38)52(25-29-54)26-30-55/h5-24,42-43,54-57H,3-4,25-37H2,1-2H3/q+1/p+1. The summed E-state index contributed by atoms with van der Waals surface area (Å²) in [5, 5.41) is 40.3. The highest BCUT2D eigenvalue weighted by atomic mass is 33.1. The molecule has 2 aromatic heterocycles. The zero-order chi connectivity index (χ0) is 45.2. The normalized spacial score (nSPS) is 12.3. The number of nitrogens with zero attached hydrogens (tertiary/aromatic N) is 4. The number of aromatic nitrogens is 2. The number of esters is 1. The van der Waals surface area contributed by atoms with Crippen molar-refractivity contribution in [1.82, 2.24) is 5.32 Å². The van der Waals surface area contributed by atoms with E-state index in [9.17, 15) is 34.8 Å². The zero-order valence-electron chi connectivity index (χ0n) is 36.3. The largest absolute Gasteiger partial charge is 0.466 e. The number of aliphatic hydroxyl groups is 4. The van der Waals surface area contributed by atoms with E-state index in [2.05, 4.69) is 5.32 Å². The molecule has 0 saturated carbocycles. The minimum atomic E-state index is -0.585. The number of aliphatic hydroxyl groups excluding tert-OH is 4. The van der Waals surface area contributed by atoms with Crippen molar-refractivity contribution in [2.75, 3.05) is 80.5 Å². The van der Waals surface area contributed by atoms with Crippen molar-refractivity contribution in [2.24, 2.45) is 5.92 Å². The van der Waals surface area contributed by atoms with Crippen molar-refractivity contribution in [2.45, 2.75) is 45.8 Å². The third kappa shape index (κ3) is 18.3. The molecule has 13 nitrogen and oxygen atoms in total. The second-order valence-electron chi connectivity index (χ2n) is 14.8. The summed E-state index contributed by atoms with van der Waals surface area (Å²) in [4.78, 5) is 42.8. The molecule has 0 aliphatic carbocycles. The topological polar surface area (TPSA) is 168 Å². The number of ketones is 1. The summed E-state index contributed by atoms with van der Waals surface area (Å²) < 4.78 is 8.95. The van der Waals surface area contributed by atoms with Gasteiger partial charge in [0.2, 0.25) is 13.1 Å². The Morgan fingerprint density at radius 3 is 1.44 bits per heavy atom. The molecular weight excluding hydrogens is 839 g/mol. The number of hydrogen-bond acceptors (Lipinski definition) is 12. The molecule has 0 bridgehead atoms. The molecule has 0 fully saturated rings. The molecule has 63 heavy (non-hydrogen) atoms. The number of benzene rings is 2. The second kappa shape index (κ2) is 28.6. The third-order valence-corrected chi connectivity index (χ3v) is 12.6. The number of amides is 1. The lowest BCUT2D eigenvalue weighted by Gasteiger charge is -2.22. The number of carbonyl (C=O) groups excluding carboxylic acids is 3. The van der Waals surface area contributed by atoms with E-state index in [1.165, 1.54) is 10.8 Å². The summed E-state index contributed by atoms with van der Waals surface area (Å²) in [6.07, 6.45) is 16.2. The average Bonchev–Trinajstić information content (AvgIpc) is 3.29. The van der Waals surface area contributed by atoms with Crippen molar-refractivity contribution in [3.8, 4) is 0 Å². The van der Waals surface area contributed by atoms with E-state index >= 15 is 0 Å².